The molecule has 1 aliphatic carbocycles. The predicted octanol–water partition coefficient (Wildman–Crippen LogP) is 3.10. The Morgan fingerprint density at radius 1 is 1.21 bits per heavy atom. The second-order valence-electron chi connectivity index (χ2n) is 7.16. The number of nitrogens with zero attached hydrogens (tertiary/aromatic N) is 2. The number of carbonyl (C=O) groups excluding carboxylic acids is 2. The molecule has 0 saturated heterocycles. The Morgan fingerprint density at radius 2 is 1.93 bits per heavy atom. The molecule has 1 aromatic carbocycles. The Hall–Kier alpha value is -3.00. The summed E-state index contributed by atoms with van der Waals surface area (Å²) in [7, 11) is 0. The van der Waals surface area contributed by atoms with Crippen LogP contribution in [0.2, 0.25) is 0 Å². The number of hydrogen-bond acceptors (Lipinski definition) is 5. The first-order valence-corrected chi connectivity index (χ1v) is 10.6. The molecule has 2 aromatic heterocycles. The minimum atomic E-state index is -0.534. The van der Waals surface area contributed by atoms with Gasteiger partial charge in [-0.15, -0.1) is 11.3 Å². The number of nitrogens with two attached hydrogens (primary N) is 1. The lowest BCUT2D eigenvalue weighted by molar-refractivity contribution is 0.100. The minimum absolute atomic E-state index is 0.162. The lowest BCUT2D eigenvalue weighted by atomic mass is 9.95. The van der Waals surface area contributed by atoms with Gasteiger partial charge < -0.3 is 11.1 Å². The Balaban J connectivity index is 1.79. The highest BCUT2D eigenvalue weighted by Crippen LogP contribution is 2.38. The van der Waals surface area contributed by atoms with Crippen LogP contribution in [0.4, 0.5) is 5.00 Å². The average Bonchev–Trinajstić information content (AvgIpc) is 3.08. The highest BCUT2D eigenvalue weighted by atomic mass is 32.1. The molecule has 150 valence electrons. The molecule has 7 nitrogen and oxygen atoms in total. The zero-order valence-electron chi connectivity index (χ0n) is 16.2. The molecule has 0 aliphatic heterocycles. The van der Waals surface area contributed by atoms with Gasteiger partial charge in [-0.25, -0.2) is 4.68 Å². The topological polar surface area (TPSA) is 107 Å². The summed E-state index contributed by atoms with van der Waals surface area (Å²) in [4.78, 5) is 39.0. The molecule has 2 heterocycles. The first kappa shape index (κ1) is 19.3. The molecule has 3 aromatic rings. The van der Waals surface area contributed by atoms with Crippen LogP contribution in [-0.2, 0) is 19.4 Å². The number of hydrogen-bond donors (Lipinski definition) is 2. The molecule has 8 heteroatoms. The summed E-state index contributed by atoms with van der Waals surface area (Å²) in [6, 6.07) is 6.94. The molecule has 0 bridgehead atoms. The van der Waals surface area contributed by atoms with Crippen LogP contribution in [-0.4, -0.2) is 21.6 Å². The molecule has 3 N–H and O–H groups in total. The average molecular weight is 410 g/mol. The van der Waals surface area contributed by atoms with Crippen molar-refractivity contribution in [2.75, 3.05) is 5.32 Å². The summed E-state index contributed by atoms with van der Waals surface area (Å²) in [5.74, 6) is -0.986. The zero-order valence-corrected chi connectivity index (χ0v) is 17.0. The second-order valence-corrected chi connectivity index (χ2v) is 8.26. The number of aromatic nitrogens is 2. The number of benzene rings is 1. The fraction of sp³-hybridized carbons (Fsp3) is 0.333. The van der Waals surface area contributed by atoms with Crippen LogP contribution < -0.4 is 16.6 Å². The maximum absolute atomic E-state index is 13.1. The summed E-state index contributed by atoms with van der Waals surface area (Å²) in [5, 5.41) is 8.57. The number of primary amides is 1. The van der Waals surface area contributed by atoms with E-state index in [-0.39, 0.29) is 11.3 Å². The molecule has 0 atom stereocenters. The van der Waals surface area contributed by atoms with Gasteiger partial charge in [0.05, 0.1) is 10.9 Å². The van der Waals surface area contributed by atoms with Crippen molar-refractivity contribution in [1.82, 2.24) is 9.78 Å². The zero-order chi connectivity index (χ0) is 20.5. The molecule has 29 heavy (non-hydrogen) atoms. The normalized spacial score (nSPS) is 13.3. The minimum Gasteiger partial charge on any atom is -0.365 e. The highest BCUT2D eigenvalue weighted by Gasteiger charge is 2.26. The van der Waals surface area contributed by atoms with Gasteiger partial charge in [0, 0.05) is 16.8 Å². The van der Waals surface area contributed by atoms with E-state index in [1.165, 1.54) is 16.0 Å². The first-order valence-electron chi connectivity index (χ1n) is 9.76. The van der Waals surface area contributed by atoms with E-state index in [0.717, 1.165) is 42.5 Å². The molecule has 2 amide bonds. The first-order chi connectivity index (χ1) is 14.0. The van der Waals surface area contributed by atoms with Crippen LogP contribution in [0.3, 0.4) is 0 Å². The lowest BCUT2D eigenvalue weighted by Gasteiger charge is -2.12. The third-order valence-corrected chi connectivity index (χ3v) is 6.37. The van der Waals surface area contributed by atoms with Crippen LogP contribution in [0, 0.1) is 0 Å². The summed E-state index contributed by atoms with van der Waals surface area (Å²) < 4.78 is 1.33. The summed E-state index contributed by atoms with van der Waals surface area (Å²) in [5.41, 5.74) is 6.93. The van der Waals surface area contributed by atoms with E-state index in [4.69, 9.17) is 5.73 Å². The molecule has 1 aliphatic rings. The van der Waals surface area contributed by atoms with Crippen molar-refractivity contribution in [3.63, 3.8) is 0 Å². The number of rotatable bonds is 5. The summed E-state index contributed by atoms with van der Waals surface area (Å²) >= 11 is 1.41. The van der Waals surface area contributed by atoms with Crippen LogP contribution in [0.25, 0.3) is 10.8 Å². The van der Waals surface area contributed by atoms with E-state index in [0.29, 0.717) is 27.9 Å². The van der Waals surface area contributed by atoms with Crippen molar-refractivity contribution in [2.24, 2.45) is 5.73 Å². The predicted molar refractivity (Wildman–Crippen MR) is 114 cm³/mol. The number of amides is 2. The maximum atomic E-state index is 13.1. The Labute approximate surface area is 171 Å². The summed E-state index contributed by atoms with van der Waals surface area (Å²) in [6.07, 6.45) is 4.47. The Bertz CT molecular complexity index is 1180. The number of aryl methyl sites for hydroxylation is 2. The molecule has 0 spiro atoms. The van der Waals surface area contributed by atoms with Gasteiger partial charge in [0.15, 0.2) is 5.69 Å². The van der Waals surface area contributed by atoms with Crippen LogP contribution >= 0.6 is 11.3 Å². The van der Waals surface area contributed by atoms with E-state index in [1.54, 1.807) is 24.3 Å². The molecule has 0 unspecified atom stereocenters. The fourth-order valence-electron chi connectivity index (χ4n) is 3.84. The summed E-state index contributed by atoms with van der Waals surface area (Å²) in [6.45, 7) is 2.36. The molecule has 0 fully saturated rings. The number of nitrogens with one attached hydrogen (secondary N) is 1. The Kier molecular flexibility index (Phi) is 5.19. The van der Waals surface area contributed by atoms with Crippen molar-refractivity contribution in [1.29, 1.82) is 0 Å². The van der Waals surface area contributed by atoms with Crippen molar-refractivity contribution in [3.05, 3.63) is 56.3 Å². The van der Waals surface area contributed by atoms with E-state index >= 15 is 0 Å². The number of carbonyl (C=O) groups is 2. The van der Waals surface area contributed by atoms with Gasteiger partial charge >= 0.3 is 0 Å². The largest absolute Gasteiger partial charge is 0.365 e. The van der Waals surface area contributed by atoms with Crippen molar-refractivity contribution in [2.45, 2.75) is 45.6 Å². The van der Waals surface area contributed by atoms with E-state index in [9.17, 15) is 14.4 Å². The van der Waals surface area contributed by atoms with Gasteiger partial charge in [0.1, 0.15) is 5.00 Å². The standard InChI is InChI=1S/C21H22N4O3S/c1-2-11-25-21(28)13-8-4-3-7-12(13)17(24-25)19(27)23-20-16(18(22)26)14-9-5-6-10-15(14)29-20/h3-4,7-8H,2,5-6,9-11H2,1H3,(H2,22,26)(H,23,27). The smallest absolute Gasteiger partial charge is 0.277 e. The Morgan fingerprint density at radius 3 is 2.66 bits per heavy atom. The third kappa shape index (κ3) is 3.44. The SMILES string of the molecule is CCCn1nc(C(=O)Nc2sc3c(c2C(N)=O)CCCC3)c2ccccc2c1=O. The van der Waals surface area contributed by atoms with Crippen molar-refractivity contribution < 1.29 is 9.59 Å². The molecular formula is C21H22N4O3S. The van der Waals surface area contributed by atoms with Gasteiger partial charge in [-0.1, -0.05) is 25.1 Å². The van der Waals surface area contributed by atoms with Gasteiger partial charge in [-0.3, -0.25) is 14.4 Å². The highest BCUT2D eigenvalue weighted by molar-refractivity contribution is 7.17. The number of anilines is 1. The van der Waals surface area contributed by atoms with Crippen LogP contribution in [0.1, 0.15) is 57.5 Å². The van der Waals surface area contributed by atoms with Gasteiger partial charge in [-0.05, 0) is 43.7 Å². The quantitative estimate of drug-likeness (QED) is 0.674. The fourth-order valence-corrected chi connectivity index (χ4v) is 5.13. The van der Waals surface area contributed by atoms with Gasteiger partial charge in [0.25, 0.3) is 17.4 Å². The van der Waals surface area contributed by atoms with E-state index < -0.39 is 11.8 Å². The monoisotopic (exact) mass is 410 g/mol. The molecule has 0 radical (unpaired) electrons. The van der Waals surface area contributed by atoms with Crippen LogP contribution in [0.15, 0.2) is 29.1 Å². The van der Waals surface area contributed by atoms with Gasteiger partial charge in [-0.2, -0.15) is 5.10 Å². The molecule has 0 saturated carbocycles. The second kappa shape index (κ2) is 7.79. The van der Waals surface area contributed by atoms with E-state index in [1.807, 2.05) is 6.92 Å². The lowest BCUT2D eigenvalue weighted by Crippen LogP contribution is -2.28. The van der Waals surface area contributed by atoms with Crippen LogP contribution in [0.5, 0.6) is 0 Å². The number of fused-ring (bicyclic) bond motifs is 2. The molecular weight excluding hydrogens is 388 g/mol. The van der Waals surface area contributed by atoms with E-state index in [2.05, 4.69) is 10.4 Å². The molecule has 4 rings (SSSR count). The maximum Gasteiger partial charge on any atom is 0.277 e. The number of thiophene rings is 1. The van der Waals surface area contributed by atoms with Gasteiger partial charge in [0.2, 0.25) is 0 Å². The van der Waals surface area contributed by atoms with Crippen molar-refractivity contribution >= 4 is 38.9 Å². The third-order valence-electron chi connectivity index (χ3n) is 5.16. The van der Waals surface area contributed by atoms with Crippen molar-refractivity contribution in [3.8, 4) is 0 Å².